The van der Waals surface area contributed by atoms with Crippen LogP contribution in [0, 0.1) is 6.92 Å². The van der Waals surface area contributed by atoms with Gasteiger partial charge in [0.15, 0.2) is 0 Å². The van der Waals surface area contributed by atoms with Crippen LogP contribution in [0.4, 0.5) is 11.4 Å². The smallest absolute Gasteiger partial charge is 0.264 e. The van der Waals surface area contributed by atoms with E-state index in [4.69, 9.17) is 8.37 Å². The molecule has 0 saturated carbocycles. The highest BCUT2D eigenvalue weighted by atomic mass is 79.9. The molecule has 0 aromatic heterocycles. The number of aliphatic imine (C=N–C) groups is 1. The molecule has 0 spiro atoms. The molecule has 9 nitrogen and oxygen atoms in total. The van der Waals surface area contributed by atoms with Crippen molar-refractivity contribution in [3.8, 4) is 5.75 Å². The number of rotatable bonds is 13. The summed E-state index contributed by atoms with van der Waals surface area (Å²) in [5, 5.41) is 9.85. The van der Waals surface area contributed by atoms with Crippen molar-refractivity contribution < 1.29 is 30.3 Å². The number of aryl methyl sites for hydroxylation is 1. The van der Waals surface area contributed by atoms with E-state index in [0.29, 0.717) is 40.6 Å². The van der Waals surface area contributed by atoms with Crippen molar-refractivity contribution in [2.75, 3.05) is 43.7 Å². The zero-order chi connectivity index (χ0) is 26.2. The van der Waals surface area contributed by atoms with E-state index in [9.17, 15) is 21.9 Å². The van der Waals surface area contributed by atoms with Crippen molar-refractivity contribution in [1.29, 1.82) is 0 Å². The van der Waals surface area contributed by atoms with Gasteiger partial charge < -0.3 is 10.0 Å². The maximum absolute atomic E-state index is 11.2. The molecule has 2 aromatic rings. The molecule has 0 amide bonds. The van der Waals surface area contributed by atoms with E-state index >= 15 is 0 Å². The van der Waals surface area contributed by atoms with E-state index in [1.807, 2.05) is 30.0 Å². The van der Waals surface area contributed by atoms with Crippen LogP contribution in [0.2, 0.25) is 0 Å². The minimum absolute atomic E-state index is 0. The number of nitrogens with zero attached hydrogens (tertiary/aromatic N) is 2. The molecule has 1 N–H and O–H groups in total. The molecule has 2 aromatic carbocycles. The van der Waals surface area contributed by atoms with Crippen molar-refractivity contribution in [3.63, 3.8) is 0 Å². The first-order chi connectivity index (χ1) is 16.2. The molecule has 0 aliphatic heterocycles. The van der Waals surface area contributed by atoms with Gasteiger partial charge in [0.2, 0.25) is 0 Å². The van der Waals surface area contributed by atoms with E-state index in [-0.39, 0.29) is 31.4 Å². The van der Waals surface area contributed by atoms with Gasteiger partial charge in [-0.15, -0.1) is 12.4 Å². The average Bonchev–Trinajstić information content (AvgIpc) is 2.74. The molecule has 0 aliphatic carbocycles. The van der Waals surface area contributed by atoms with E-state index < -0.39 is 20.2 Å². The lowest BCUT2D eigenvalue weighted by molar-refractivity contribution is 0.310. The maximum atomic E-state index is 11.2. The fraction of sp³-hybridized carbons (Fsp3) is 0.409. The third kappa shape index (κ3) is 11.9. The average molecular weight is 693 g/mol. The third-order valence-corrected chi connectivity index (χ3v) is 7.11. The van der Waals surface area contributed by atoms with Crippen LogP contribution in [0.1, 0.15) is 24.0 Å². The van der Waals surface area contributed by atoms with E-state index in [0.717, 1.165) is 29.3 Å². The zero-order valence-corrected chi connectivity index (χ0v) is 25.6. The van der Waals surface area contributed by atoms with Crippen LogP contribution in [-0.4, -0.2) is 67.0 Å². The summed E-state index contributed by atoms with van der Waals surface area (Å²) in [7, 11) is -7.03. The van der Waals surface area contributed by atoms with Gasteiger partial charge in [0, 0.05) is 25.0 Å². The molecule has 36 heavy (non-hydrogen) atoms. The predicted molar refractivity (Wildman–Crippen MR) is 152 cm³/mol. The molecular weight excluding hydrogens is 664 g/mol. The SMILES string of the molecule is Cc1cc(N(CCCOS(C)(=O)=O)CCCOS(C)(=O)=O)ccc1C=Nc1cc(Br)c(O)c(Br)c1.Cl. The maximum Gasteiger partial charge on any atom is 0.264 e. The molecule has 0 aliphatic rings. The fourth-order valence-electron chi connectivity index (χ4n) is 3.07. The lowest BCUT2D eigenvalue weighted by Gasteiger charge is -2.25. The molecule has 0 heterocycles. The van der Waals surface area contributed by atoms with Crippen LogP contribution in [0.5, 0.6) is 5.75 Å². The Balaban J connectivity index is 0.00000648. The molecule has 0 fully saturated rings. The largest absolute Gasteiger partial charge is 0.506 e. The van der Waals surface area contributed by atoms with Crippen LogP contribution in [0.3, 0.4) is 0 Å². The Morgan fingerprint density at radius 2 is 1.44 bits per heavy atom. The van der Waals surface area contributed by atoms with Crippen molar-refractivity contribution in [3.05, 3.63) is 50.4 Å². The Bertz CT molecular complexity index is 1210. The Hall–Kier alpha value is -1.22. The van der Waals surface area contributed by atoms with Crippen LogP contribution in [0.15, 0.2) is 44.3 Å². The number of anilines is 1. The Labute approximate surface area is 235 Å². The lowest BCUT2D eigenvalue weighted by Crippen LogP contribution is -2.28. The summed E-state index contributed by atoms with van der Waals surface area (Å²) in [5.74, 6) is 0.105. The second kappa shape index (κ2) is 14.6. The van der Waals surface area contributed by atoms with Gasteiger partial charge in [0.1, 0.15) is 5.75 Å². The number of phenols is 1. The van der Waals surface area contributed by atoms with E-state index in [1.54, 1.807) is 18.3 Å². The first kappa shape index (κ1) is 32.8. The highest BCUT2D eigenvalue weighted by Crippen LogP contribution is 2.36. The summed E-state index contributed by atoms with van der Waals surface area (Å²) in [6.07, 6.45) is 4.67. The molecule has 0 bridgehead atoms. The quantitative estimate of drug-likeness (QED) is 0.178. The summed E-state index contributed by atoms with van der Waals surface area (Å²) < 4.78 is 55.6. The first-order valence-corrected chi connectivity index (χ1v) is 15.7. The second-order valence-electron chi connectivity index (χ2n) is 7.80. The topological polar surface area (TPSA) is 123 Å². The normalized spacial score (nSPS) is 12.0. The summed E-state index contributed by atoms with van der Waals surface area (Å²) in [6, 6.07) is 9.24. The Morgan fingerprint density at radius 3 is 1.89 bits per heavy atom. The number of aromatic hydroxyl groups is 1. The zero-order valence-electron chi connectivity index (χ0n) is 20.0. The van der Waals surface area contributed by atoms with Crippen molar-refractivity contribution in [2.45, 2.75) is 19.8 Å². The highest BCUT2D eigenvalue weighted by Gasteiger charge is 2.11. The summed E-state index contributed by atoms with van der Waals surface area (Å²) in [5.41, 5.74) is 3.42. The number of benzene rings is 2. The van der Waals surface area contributed by atoms with E-state index in [1.165, 1.54) is 0 Å². The fourth-order valence-corrected chi connectivity index (χ4v) is 5.08. The highest BCUT2D eigenvalue weighted by molar-refractivity contribution is 9.11. The second-order valence-corrected chi connectivity index (χ2v) is 12.8. The monoisotopic (exact) mass is 690 g/mol. The van der Waals surface area contributed by atoms with Crippen LogP contribution in [-0.2, 0) is 28.6 Å². The third-order valence-electron chi connectivity index (χ3n) is 4.71. The predicted octanol–water partition coefficient (Wildman–Crippen LogP) is 4.94. The van der Waals surface area contributed by atoms with Gasteiger partial charge in [-0.1, -0.05) is 6.07 Å². The van der Waals surface area contributed by atoms with Crippen LogP contribution in [0.25, 0.3) is 0 Å². The van der Waals surface area contributed by atoms with Gasteiger partial charge in [0.25, 0.3) is 20.2 Å². The van der Waals surface area contributed by atoms with Gasteiger partial charge >= 0.3 is 0 Å². The van der Waals surface area contributed by atoms with Gasteiger partial charge in [-0.25, -0.2) is 0 Å². The molecule has 2 rings (SSSR count). The van der Waals surface area contributed by atoms with Crippen LogP contribution >= 0.6 is 44.3 Å². The molecule has 202 valence electrons. The number of hydrogen-bond donors (Lipinski definition) is 1. The summed E-state index contributed by atoms with van der Waals surface area (Å²) >= 11 is 6.58. The number of halogens is 3. The molecule has 0 saturated heterocycles. The van der Waals surface area contributed by atoms with Crippen LogP contribution < -0.4 is 4.90 Å². The lowest BCUT2D eigenvalue weighted by atomic mass is 10.1. The molecule has 0 atom stereocenters. The number of phenolic OH excluding ortho intramolecular Hbond substituents is 1. The summed E-state index contributed by atoms with van der Waals surface area (Å²) in [6.45, 7) is 3.08. The van der Waals surface area contributed by atoms with E-state index in [2.05, 4.69) is 36.9 Å². The van der Waals surface area contributed by atoms with Gasteiger partial charge in [-0.2, -0.15) is 16.8 Å². The number of hydrogen-bond acceptors (Lipinski definition) is 9. The van der Waals surface area contributed by atoms with Crippen molar-refractivity contribution >= 4 is 82.1 Å². The Kier molecular flexibility index (Phi) is 13.3. The van der Waals surface area contributed by atoms with Gasteiger partial charge in [-0.3, -0.25) is 13.4 Å². The van der Waals surface area contributed by atoms with Crippen molar-refractivity contribution in [2.24, 2.45) is 4.99 Å². The van der Waals surface area contributed by atoms with Gasteiger partial charge in [0.05, 0.1) is 40.4 Å². The molecule has 14 heteroatoms. The molecule has 0 radical (unpaired) electrons. The molecular formula is C22H29Br2ClN2O7S2. The first-order valence-electron chi connectivity index (χ1n) is 10.5. The van der Waals surface area contributed by atoms with Crippen molar-refractivity contribution in [1.82, 2.24) is 0 Å². The summed E-state index contributed by atoms with van der Waals surface area (Å²) in [4.78, 5) is 6.51. The molecule has 0 unspecified atom stereocenters. The minimum atomic E-state index is -3.51. The minimum Gasteiger partial charge on any atom is -0.506 e. The standard InChI is InChI=1S/C22H28Br2N2O7S2.ClH/c1-16-12-19(7-6-17(16)15-25-18-13-20(23)22(27)21(24)14-18)26(8-4-10-32-34(2,28)29)9-5-11-33-35(3,30)31;/h6-7,12-15,27H,4-5,8-11H2,1-3H3;1H. The Morgan fingerprint density at radius 1 is 0.944 bits per heavy atom. The van der Waals surface area contributed by atoms with Gasteiger partial charge in [-0.05, 0) is 87.0 Å².